The first kappa shape index (κ1) is 12.6. The summed E-state index contributed by atoms with van der Waals surface area (Å²) in [4.78, 5) is 37.2. The molecule has 0 saturated carbocycles. The monoisotopic (exact) mass is 230 g/mol. The summed E-state index contributed by atoms with van der Waals surface area (Å²) < 4.78 is 0. The van der Waals surface area contributed by atoms with Gasteiger partial charge in [0.1, 0.15) is 12.2 Å². The fraction of sp³-hybridized carbons (Fsp3) is 0.667. The van der Waals surface area contributed by atoms with Crippen molar-refractivity contribution in [2.24, 2.45) is 5.92 Å². The molecular formula is C9H14N2O5. The van der Waals surface area contributed by atoms with Gasteiger partial charge in [0, 0.05) is 26.2 Å². The highest BCUT2D eigenvalue weighted by molar-refractivity contribution is 5.91. The summed E-state index contributed by atoms with van der Waals surface area (Å²) in [7, 11) is 0. The van der Waals surface area contributed by atoms with Gasteiger partial charge in [-0.25, -0.2) is 4.79 Å². The summed E-state index contributed by atoms with van der Waals surface area (Å²) in [5.41, 5.74) is 0. The van der Waals surface area contributed by atoms with Gasteiger partial charge in [-0.15, -0.1) is 5.06 Å². The third-order valence-corrected chi connectivity index (χ3v) is 2.16. The molecule has 7 heteroatoms. The lowest BCUT2D eigenvalue weighted by Crippen LogP contribution is -2.45. The predicted octanol–water partition coefficient (Wildman–Crippen LogP) is -1.36. The Labute approximate surface area is 92.3 Å². The van der Waals surface area contributed by atoms with Crippen molar-refractivity contribution in [3.63, 3.8) is 0 Å². The van der Waals surface area contributed by atoms with Crippen LogP contribution >= 0.6 is 0 Å². The number of piperazine rings is 1. The minimum Gasteiger partial charge on any atom is -0.481 e. The van der Waals surface area contributed by atoms with Crippen molar-refractivity contribution in [2.75, 3.05) is 26.2 Å². The van der Waals surface area contributed by atoms with E-state index in [0.29, 0.717) is 32.5 Å². The fourth-order valence-corrected chi connectivity index (χ4v) is 1.31. The van der Waals surface area contributed by atoms with Crippen LogP contribution in [0.15, 0.2) is 0 Å². The standard InChI is InChI=1S/C9H14N2O5/c12-6-7(5-8(13)14)9(15)16-11-3-1-10-2-4-11/h6-7,10H,1-5H2,(H,13,14). The molecule has 0 aliphatic carbocycles. The van der Waals surface area contributed by atoms with E-state index in [4.69, 9.17) is 9.94 Å². The molecule has 90 valence electrons. The van der Waals surface area contributed by atoms with Gasteiger partial charge in [0.15, 0.2) is 0 Å². The molecule has 1 rings (SSSR count). The summed E-state index contributed by atoms with van der Waals surface area (Å²) in [6, 6.07) is 0. The van der Waals surface area contributed by atoms with Crippen LogP contribution in [0.2, 0.25) is 0 Å². The largest absolute Gasteiger partial charge is 0.481 e. The number of carbonyl (C=O) groups excluding carboxylic acids is 2. The summed E-state index contributed by atoms with van der Waals surface area (Å²) >= 11 is 0. The Morgan fingerprint density at radius 3 is 2.56 bits per heavy atom. The molecule has 1 unspecified atom stereocenters. The molecule has 1 saturated heterocycles. The molecule has 16 heavy (non-hydrogen) atoms. The van der Waals surface area contributed by atoms with Crippen LogP contribution in [-0.4, -0.2) is 54.6 Å². The quantitative estimate of drug-likeness (QED) is 0.444. The van der Waals surface area contributed by atoms with E-state index in [9.17, 15) is 14.4 Å². The molecule has 0 aromatic carbocycles. The maximum Gasteiger partial charge on any atom is 0.335 e. The molecule has 1 atom stereocenters. The third-order valence-electron chi connectivity index (χ3n) is 2.16. The van der Waals surface area contributed by atoms with Crippen LogP contribution in [0.4, 0.5) is 0 Å². The summed E-state index contributed by atoms with van der Waals surface area (Å²) in [6.45, 7) is 2.45. The van der Waals surface area contributed by atoms with Gasteiger partial charge in [-0.2, -0.15) is 0 Å². The molecule has 2 N–H and O–H groups in total. The number of hydroxylamine groups is 2. The predicted molar refractivity (Wildman–Crippen MR) is 52.3 cm³/mol. The van der Waals surface area contributed by atoms with Crippen LogP contribution < -0.4 is 5.32 Å². The minimum absolute atomic E-state index is 0.304. The molecule has 1 aliphatic heterocycles. The molecule has 1 aliphatic rings. The van der Waals surface area contributed by atoms with Crippen molar-refractivity contribution < 1.29 is 24.3 Å². The van der Waals surface area contributed by atoms with Crippen molar-refractivity contribution in [2.45, 2.75) is 6.42 Å². The highest BCUT2D eigenvalue weighted by Gasteiger charge is 2.25. The van der Waals surface area contributed by atoms with Gasteiger partial charge >= 0.3 is 11.9 Å². The number of hydrogen-bond donors (Lipinski definition) is 2. The second-order valence-electron chi connectivity index (χ2n) is 3.43. The number of carboxylic acid groups (broad SMARTS) is 1. The average Bonchev–Trinajstić information content (AvgIpc) is 2.26. The first-order chi connectivity index (χ1) is 7.63. The number of aldehydes is 1. The Bertz CT molecular complexity index is 275. The van der Waals surface area contributed by atoms with Crippen LogP contribution in [-0.2, 0) is 19.2 Å². The van der Waals surface area contributed by atoms with Crippen molar-refractivity contribution >= 4 is 18.2 Å². The maximum atomic E-state index is 11.4. The topological polar surface area (TPSA) is 95.9 Å². The van der Waals surface area contributed by atoms with Gasteiger partial charge in [0.2, 0.25) is 0 Å². The summed E-state index contributed by atoms with van der Waals surface area (Å²) in [5.74, 6) is -3.24. The lowest BCUT2D eigenvalue weighted by atomic mass is 10.1. The van der Waals surface area contributed by atoms with Crippen molar-refractivity contribution in [3.8, 4) is 0 Å². The lowest BCUT2D eigenvalue weighted by Gasteiger charge is -2.26. The van der Waals surface area contributed by atoms with Gasteiger partial charge < -0.3 is 20.1 Å². The Morgan fingerprint density at radius 2 is 2.06 bits per heavy atom. The average molecular weight is 230 g/mol. The third kappa shape index (κ3) is 3.95. The van der Waals surface area contributed by atoms with E-state index in [1.54, 1.807) is 0 Å². The fourth-order valence-electron chi connectivity index (χ4n) is 1.31. The molecular weight excluding hydrogens is 216 g/mol. The molecule has 0 spiro atoms. The Morgan fingerprint density at radius 1 is 1.44 bits per heavy atom. The van der Waals surface area contributed by atoms with Gasteiger partial charge in [0.05, 0.1) is 6.42 Å². The van der Waals surface area contributed by atoms with E-state index < -0.39 is 24.3 Å². The summed E-state index contributed by atoms with van der Waals surface area (Å²) in [6.07, 6.45) is -0.229. The molecule has 0 bridgehead atoms. The number of carbonyl (C=O) groups is 3. The maximum absolute atomic E-state index is 11.4. The van der Waals surface area contributed by atoms with Crippen LogP contribution in [0.1, 0.15) is 6.42 Å². The van der Waals surface area contributed by atoms with Crippen molar-refractivity contribution in [1.29, 1.82) is 0 Å². The second-order valence-corrected chi connectivity index (χ2v) is 3.43. The van der Waals surface area contributed by atoms with E-state index >= 15 is 0 Å². The molecule has 0 aromatic rings. The zero-order valence-corrected chi connectivity index (χ0v) is 8.72. The number of rotatable bonds is 5. The van der Waals surface area contributed by atoms with Crippen LogP contribution in [0.3, 0.4) is 0 Å². The number of nitrogens with zero attached hydrogens (tertiary/aromatic N) is 1. The highest BCUT2D eigenvalue weighted by Crippen LogP contribution is 2.05. The second kappa shape index (κ2) is 6.19. The van der Waals surface area contributed by atoms with Gasteiger partial charge in [-0.05, 0) is 0 Å². The minimum atomic E-state index is -1.23. The van der Waals surface area contributed by atoms with Gasteiger partial charge in [-0.3, -0.25) is 4.79 Å². The number of carboxylic acids is 1. The summed E-state index contributed by atoms with van der Waals surface area (Å²) in [5, 5.41) is 13.0. The zero-order chi connectivity index (χ0) is 12.0. The van der Waals surface area contributed by atoms with Crippen molar-refractivity contribution in [3.05, 3.63) is 0 Å². The molecule has 7 nitrogen and oxygen atoms in total. The van der Waals surface area contributed by atoms with E-state index in [1.807, 2.05) is 0 Å². The van der Waals surface area contributed by atoms with Crippen LogP contribution in [0.25, 0.3) is 0 Å². The molecule has 1 heterocycles. The number of nitrogens with one attached hydrogen (secondary N) is 1. The Kier molecular flexibility index (Phi) is 4.87. The Hall–Kier alpha value is -1.47. The zero-order valence-electron chi connectivity index (χ0n) is 8.72. The smallest absolute Gasteiger partial charge is 0.335 e. The van der Waals surface area contributed by atoms with E-state index in [0.717, 1.165) is 0 Å². The van der Waals surface area contributed by atoms with Gasteiger partial charge in [0.25, 0.3) is 0 Å². The lowest BCUT2D eigenvalue weighted by molar-refractivity contribution is -0.198. The Balaban J connectivity index is 2.41. The van der Waals surface area contributed by atoms with E-state index in [1.165, 1.54) is 5.06 Å². The molecule has 0 aromatic heterocycles. The highest BCUT2D eigenvalue weighted by atomic mass is 16.7. The molecule has 0 amide bonds. The van der Waals surface area contributed by atoms with Gasteiger partial charge in [-0.1, -0.05) is 0 Å². The first-order valence-electron chi connectivity index (χ1n) is 4.98. The van der Waals surface area contributed by atoms with Crippen molar-refractivity contribution in [1.82, 2.24) is 10.4 Å². The normalized spacial score (nSPS) is 18.8. The molecule has 1 fully saturated rings. The number of aliphatic carboxylic acids is 1. The van der Waals surface area contributed by atoms with Crippen LogP contribution in [0, 0.1) is 5.92 Å². The number of hydrogen-bond acceptors (Lipinski definition) is 6. The van der Waals surface area contributed by atoms with E-state index in [2.05, 4.69) is 5.32 Å². The van der Waals surface area contributed by atoms with E-state index in [-0.39, 0.29) is 0 Å². The molecule has 0 radical (unpaired) electrons. The SMILES string of the molecule is O=CC(CC(=O)O)C(=O)ON1CCNCC1. The van der Waals surface area contributed by atoms with Crippen LogP contribution in [0.5, 0.6) is 0 Å². The first-order valence-corrected chi connectivity index (χ1v) is 4.98.